The lowest BCUT2D eigenvalue weighted by atomic mass is 10.2. The number of carboxylic acids is 1. The highest BCUT2D eigenvalue weighted by Crippen LogP contribution is 2.21. The molecule has 2 N–H and O–H groups in total. The summed E-state index contributed by atoms with van der Waals surface area (Å²) in [4.78, 5) is 14.6. The molecule has 2 aromatic heterocycles. The van der Waals surface area contributed by atoms with Crippen molar-refractivity contribution in [2.24, 2.45) is 0 Å². The van der Waals surface area contributed by atoms with Gasteiger partial charge in [-0.25, -0.2) is 9.78 Å². The predicted molar refractivity (Wildman–Crippen MR) is 66.7 cm³/mol. The molecule has 0 aliphatic rings. The molecule has 0 amide bonds. The van der Waals surface area contributed by atoms with Crippen molar-refractivity contribution in [2.45, 2.75) is 19.9 Å². The number of hydrogen-bond acceptors (Lipinski definition) is 4. The summed E-state index contributed by atoms with van der Waals surface area (Å²) < 4.78 is 5.50. The molecule has 5 heteroatoms. The van der Waals surface area contributed by atoms with Gasteiger partial charge in [-0.05, 0) is 38.1 Å². The molecule has 0 bridgehead atoms. The van der Waals surface area contributed by atoms with Crippen LogP contribution in [0.1, 0.15) is 35.0 Å². The number of carboxylic acid groups (broad SMARTS) is 1. The van der Waals surface area contributed by atoms with Gasteiger partial charge in [-0.3, -0.25) is 0 Å². The molecule has 2 rings (SSSR count). The van der Waals surface area contributed by atoms with Crippen molar-refractivity contribution in [2.75, 3.05) is 5.32 Å². The van der Waals surface area contributed by atoms with Gasteiger partial charge in [0.05, 0.1) is 6.04 Å². The number of aromatic carboxylic acids is 1. The van der Waals surface area contributed by atoms with E-state index in [2.05, 4.69) is 10.3 Å². The molecule has 18 heavy (non-hydrogen) atoms. The van der Waals surface area contributed by atoms with E-state index in [0.29, 0.717) is 5.69 Å². The maximum absolute atomic E-state index is 10.8. The highest BCUT2D eigenvalue weighted by atomic mass is 16.4. The number of pyridine rings is 1. The lowest BCUT2D eigenvalue weighted by Crippen LogP contribution is -2.07. The second-order valence-electron chi connectivity index (χ2n) is 4.05. The molecule has 0 fully saturated rings. The van der Waals surface area contributed by atoms with Gasteiger partial charge < -0.3 is 14.8 Å². The predicted octanol–water partition coefficient (Wildman–Crippen LogP) is 2.85. The van der Waals surface area contributed by atoms with Gasteiger partial charge in [0.2, 0.25) is 0 Å². The highest BCUT2D eigenvalue weighted by Gasteiger charge is 2.11. The molecule has 1 atom stereocenters. The standard InChI is InChI=1S/C13H14N2O3/c1-8-3-4-12(18-8)9(2)15-10-5-6-14-11(7-10)13(16)17/h3-7,9H,1-2H3,(H,14,15)(H,16,17). The topological polar surface area (TPSA) is 75.4 Å². The first-order chi connectivity index (χ1) is 8.56. The average Bonchev–Trinajstić information content (AvgIpc) is 2.76. The fraction of sp³-hybridized carbons (Fsp3) is 0.231. The normalized spacial score (nSPS) is 12.1. The minimum atomic E-state index is -1.04. The maximum Gasteiger partial charge on any atom is 0.354 e. The van der Waals surface area contributed by atoms with E-state index in [1.165, 1.54) is 12.3 Å². The second-order valence-corrected chi connectivity index (χ2v) is 4.05. The van der Waals surface area contributed by atoms with Gasteiger partial charge in [0.15, 0.2) is 0 Å². The number of rotatable bonds is 4. The van der Waals surface area contributed by atoms with Crippen LogP contribution in [-0.4, -0.2) is 16.1 Å². The maximum atomic E-state index is 10.8. The molecule has 1 unspecified atom stereocenters. The van der Waals surface area contributed by atoms with E-state index in [0.717, 1.165) is 11.5 Å². The summed E-state index contributed by atoms with van der Waals surface area (Å²) in [7, 11) is 0. The Morgan fingerprint density at radius 1 is 1.44 bits per heavy atom. The van der Waals surface area contributed by atoms with Gasteiger partial charge in [-0.15, -0.1) is 0 Å². The molecule has 2 aromatic rings. The third-order valence-corrected chi connectivity index (χ3v) is 2.55. The van der Waals surface area contributed by atoms with Gasteiger partial charge in [0.1, 0.15) is 17.2 Å². The van der Waals surface area contributed by atoms with Crippen molar-refractivity contribution in [3.05, 3.63) is 47.7 Å². The lowest BCUT2D eigenvalue weighted by Gasteiger charge is -2.13. The van der Waals surface area contributed by atoms with Crippen LogP contribution in [0.5, 0.6) is 0 Å². The van der Waals surface area contributed by atoms with Gasteiger partial charge in [0, 0.05) is 11.9 Å². The molecule has 0 radical (unpaired) electrons. The van der Waals surface area contributed by atoms with Crippen molar-refractivity contribution in [3.8, 4) is 0 Å². The zero-order valence-electron chi connectivity index (χ0n) is 10.2. The smallest absolute Gasteiger partial charge is 0.354 e. The van der Waals surface area contributed by atoms with Crippen LogP contribution in [0.25, 0.3) is 0 Å². The number of hydrogen-bond donors (Lipinski definition) is 2. The molecule has 0 spiro atoms. The summed E-state index contributed by atoms with van der Waals surface area (Å²) in [6.45, 7) is 3.82. The number of aryl methyl sites for hydroxylation is 1. The quantitative estimate of drug-likeness (QED) is 0.867. The number of aromatic nitrogens is 1. The third-order valence-electron chi connectivity index (χ3n) is 2.55. The fourth-order valence-corrected chi connectivity index (χ4v) is 1.64. The Balaban J connectivity index is 2.14. The Kier molecular flexibility index (Phi) is 3.32. The molecule has 0 saturated heterocycles. The summed E-state index contributed by atoms with van der Waals surface area (Å²) in [5.41, 5.74) is 0.715. The zero-order valence-corrected chi connectivity index (χ0v) is 10.2. The lowest BCUT2D eigenvalue weighted by molar-refractivity contribution is 0.0690. The number of anilines is 1. The van der Waals surface area contributed by atoms with E-state index in [1.54, 1.807) is 6.07 Å². The van der Waals surface area contributed by atoms with Crippen molar-refractivity contribution in [1.29, 1.82) is 0 Å². The van der Waals surface area contributed by atoms with Gasteiger partial charge in [-0.1, -0.05) is 0 Å². The molecule has 0 aliphatic heterocycles. The first-order valence-electron chi connectivity index (χ1n) is 5.58. The SMILES string of the molecule is Cc1ccc(C(C)Nc2ccnc(C(=O)O)c2)o1. The van der Waals surface area contributed by atoms with Crippen molar-refractivity contribution in [1.82, 2.24) is 4.98 Å². The average molecular weight is 246 g/mol. The van der Waals surface area contributed by atoms with Crippen LogP contribution < -0.4 is 5.32 Å². The van der Waals surface area contributed by atoms with E-state index in [-0.39, 0.29) is 11.7 Å². The molecule has 0 aromatic carbocycles. The Morgan fingerprint density at radius 3 is 2.83 bits per heavy atom. The van der Waals surface area contributed by atoms with E-state index in [1.807, 2.05) is 26.0 Å². The van der Waals surface area contributed by atoms with Gasteiger partial charge >= 0.3 is 5.97 Å². The minimum absolute atomic E-state index is 0.0165. The first-order valence-corrected chi connectivity index (χ1v) is 5.58. The Morgan fingerprint density at radius 2 is 2.22 bits per heavy atom. The van der Waals surface area contributed by atoms with E-state index in [9.17, 15) is 4.79 Å². The van der Waals surface area contributed by atoms with Gasteiger partial charge in [0.25, 0.3) is 0 Å². The first kappa shape index (κ1) is 12.2. The number of nitrogens with zero attached hydrogens (tertiary/aromatic N) is 1. The fourth-order valence-electron chi connectivity index (χ4n) is 1.64. The summed E-state index contributed by atoms with van der Waals surface area (Å²) in [5, 5.41) is 12.0. The van der Waals surface area contributed by atoms with E-state index in [4.69, 9.17) is 9.52 Å². The summed E-state index contributed by atoms with van der Waals surface area (Å²) in [5.74, 6) is 0.612. The van der Waals surface area contributed by atoms with Crippen LogP contribution in [0.2, 0.25) is 0 Å². The summed E-state index contributed by atoms with van der Waals surface area (Å²) in [6.07, 6.45) is 1.46. The van der Waals surface area contributed by atoms with E-state index >= 15 is 0 Å². The molecule has 94 valence electrons. The van der Waals surface area contributed by atoms with Crippen LogP contribution in [0.4, 0.5) is 5.69 Å². The van der Waals surface area contributed by atoms with Crippen LogP contribution in [-0.2, 0) is 0 Å². The molecule has 0 aliphatic carbocycles. The number of furan rings is 1. The van der Waals surface area contributed by atoms with Crippen molar-refractivity contribution in [3.63, 3.8) is 0 Å². The Hall–Kier alpha value is -2.30. The Labute approximate surface area is 104 Å². The summed E-state index contributed by atoms with van der Waals surface area (Å²) in [6, 6.07) is 6.96. The number of nitrogens with one attached hydrogen (secondary N) is 1. The van der Waals surface area contributed by atoms with Crippen LogP contribution in [0, 0.1) is 6.92 Å². The Bertz CT molecular complexity index is 563. The van der Waals surface area contributed by atoms with Crippen molar-refractivity contribution >= 4 is 11.7 Å². The van der Waals surface area contributed by atoms with Crippen LogP contribution in [0.15, 0.2) is 34.9 Å². The second kappa shape index (κ2) is 4.91. The van der Waals surface area contributed by atoms with Crippen LogP contribution >= 0.6 is 0 Å². The molecule has 0 saturated carbocycles. The monoisotopic (exact) mass is 246 g/mol. The van der Waals surface area contributed by atoms with Gasteiger partial charge in [-0.2, -0.15) is 0 Å². The largest absolute Gasteiger partial charge is 0.477 e. The number of carbonyl (C=O) groups is 1. The highest BCUT2D eigenvalue weighted by molar-refractivity contribution is 5.86. The zero-order chi connectivity index (χ0) is 13.1. The molecular weight excluding hydrogens is 232 g/mol. The molecule has 5 nitrogen and oxygen atoms in total. The van der Waals surface area contributed by atoms with Crippen LogP contribution in [0.3, 0.4) is 0 Å². The third kappa shape index (κ3) is 2.68. The molecule has 2 heterocycles. The summed E-state index contributed by atoms with van der Waals surface area (Å²) >= 11 is 0. The molecular formula is C13H14N2O3. The van der Waals surface area contributed by atoms with E-state index < -0.39 is 5.97 Å². The minimum Gasteiger partial charge on any atom is -0.477 e. The van der Waals surface area contributed by atoms with Crippen molar-refractivity contribution < 1.29 is 14.3 Å².